The molecule has 0 saturated heterocycles. The summed E-state index contributed by atoms with van der Waals surface area (Å²) in [7, 11) is 1.52. The van der Waals surface area contributed by atoms with Crippen molar-refractivity contribution >= 4 is 11.6 Å². The molecule has 0 radical (unpaired) electrons. The van der Waals surface area contributed by atoms with Crippen molar-refractivity contribution in [1.82, 2.24) is 0 Å². The van der Waals surface area contributed by atoms with E-state index in [-0.39, 0.29) is 12.5 Å². The summed E-state index contributed by atoms with van der Waals surface area (Å²) in [5, 5.41) is 12.0. The van der Waals surface area contributed by atoms with Crippen molar-refractivity contribution in [3.05, 3.63) is 59.7 Å². The second-order valence-corrected chi connectivity index (χ2v) is 3.97. The van der Waals surface area contributed by atoms with Gasteiger partial charge >= 0.3 is 0 Å². The number of ether oxygens (including phenoxy) is 1. The van der Waals surface area contributed by atoms with Gasteiger partial charge in [-0.25, -0.2) is 0 Å². The SMILES string of the molecule is COc1ccccc1C(=O)Nc1ccccc1CO. The van der Waals surface area contributed by atoms with Crippen LogP contribution in [0.1, 0.15) is 15.9 Å². The van der Waals surface area contributed by atoms with Gasteiger partial charge in [-0.1, -0.05) is 30.3 Å². The Morgan fingerprint density at radius 3 is 2.58 bits per heavy atom. The number of aliphatic hydroxyl groups is 1. The minimum atomic E-state index is -0.265. The Kier molecular flexibility index (Phi) is 4.15. The largest absolute Gasteiger partial charge is 0.496 e. The maximum Gasteiger partial charge on any atom is 0.259 e. The zero-order valence-corrected chi connectivity index (χ0v) is 10.6. The van der Waals surface area contributed by atoms with Crippen LogP contribution in [-0.4, -0.2) is 18.1 Å². The van der Waals surface area contributed by atoms with E-state index in [1.54, 1.807) is 42.5 Å². The van der Waals surface area contributed by atoms with Crippen molar-refractivity contribution in [2.24, 2.45) is 0 Å². The van der Waals surface area contributed by atoms with Gasteiger partial charge in [-0.2, -0.15) is 0 Å². The van der Waals surface area contributed by atoms with Crippen LogP contribution in [0.25, 0.3) is 0 Å². The second-order valence-electron chi connectivity index (χ2n) is 3.97. The van der Waals surface area contributed by atoms with Crippen molar-refractivity contribution in [3.63, 3.8) is 0 Å². The number of para-hydroxylation sites is 2. The summed E-state index contributed by atoms with van der Waals surface area (Å²) in [6.45, 7) is -0.123. The maximum absolute atomic E-state index is 12.2. The Morgan fingerprint density at radius 1 is 1.16 bits per heavy atom. The third kappa shape index (κ3) is 2.92. The van der Waals surface area contributed by atoms with Crippen LogP contribution in [0.2, 0.25) is 0 Å². The molecule has 98 valence electrons. The van der Waals surface area contributed by atoms with E-state index in [0.29, 0.717) is 22.6 Å². The fraction of sp³-hybridized carbons (Fsp3) is 0.133. The molecule has 0 saturated carbocycles. The Bertz CT molecular complexity index is 581. The third-order valence-electron chi connectivity index (χ3n) is 2.79. The molecule has 0 aliphatic rings. The van der Waals surface area contributed by atoms with Crippen LogP contribution in [0.5, 0.6) is 5.75 Å². The molecule has 0 atom stereocenters. The number of amides is 1. The van der Waals surface area contributed by atoms with Crippen molar-refractivity contribution in [3.8, 4) is 5.75 Å². The van der Waals surface area contributed by atoms with Crippen molar-refractivity contribution < 1.29 is 14.6 Å². The van der Waals surface area contributed by atoms with Gasteiger partial charge in [-0.3, -0.25) is 4.79 Å². The predicted molar refractivity (Wildman–Crippen MR) is 73.3 cm³/mol. The van der Waals surface area contributed by atoms with Crippen LogP contribution in [0.4, 0.5) is 5.69 Å². The van der Waals surface area contributed by atoms with Crippen molar-refractivity contribution in [2.45, 2.75) is 6.61 Å². The van der Waals surface area contributed by atoms with Gasteiger partial charge in [0, 0.05) is 11.3 Å². The number of benzene rings is 2. The molecule has 2 aromatic carbocycles. The van der Waals surface area contributed by atoms with E-state index in [2.05, 4.69) is 5.32 Å². The normalized spacial score (nSPS) is 10.0. The van der Waals surface area contributed by atoms with E-state index in [1.165, 1.54) is 7.11 Å². The van der Waals surface area contributed by atoms with Crippen LogP contribution in [-0.2, 0) is 6.61 Å². The average molecular weight is 257 g/mol. The highest BCUT2D eigenvalue weighted by atomic mass is 16.5. The molecular formula is C15H15NO3. The number of hydrogen-bond acceptors (Lipinski definition) is 3. The highest BCUT2D eigenvalue weighted by Gasteiger charge is 2.12. The predicted octanol–water partition coefficient (Wildman–Crippen LogP) is 2.44. The van der Waals surface area contributed by atoms with Crippen molar-refractivity contribution in [2.75, 3.05) is 12.4 Å². The summed E-state index contributed by atoms with van der Waals surface area (Å²) in [4.78, 5) is 12.2. The molecule has 2 N–H and O–H groups in total. The monoisotopic (exact) mass is 257 g/mol. The zero-order valence-electron chi connectivity index (χ0n) is 10.6. The Hall–Kier alpha value is -2.33. The molecule has 0 aromatic heterocycles. The topological polar surface area (TPSA) is 58.6 Å². The quantitative estimate of drug-likeness (QED) is 0.884. The number of carbonyl (C=O) groups is 1. The first kappa shape index (κ1) is 13.1. The standard InChI is InChI=1S/C15H15NO3/c1-19-14-9-5-3-7-12(14)15(18)16-13-8-4-2-6-11(13)10-17/h2-9,17H,10H2,1H3,(H,16,18). The molecule has 0 aliphatic carbocycles. The van der Waals surface area contributed by atoms with Gasteiger partial charge in [-0.15, -0.1) is 0 Å². The van der Waals surface area contributed by atoms with Gasteiger partial charge in [0.1, 0.15) is 5.75 Å². The Balaban J connectivity index is 2.26. The lowest BCUT2D eigenvalue weighted by Gasteiger charge is -2.11. The molecule has 2 rings (SSSR count). The molecule has 0 heterocycles. The number of rotatable bonds is 4. The zero-order chi connectivity index (χ0) is 13.7. The number of nitrogens with one attached hydrogen (secondary N) is 1. The summed E-state index contributed by atoms with van der Waals surface area (Å²) in [6, 6.07) is 14.1. The van der Waals surface area contributed by atoms with E-state index in [0.717, 1.165) is 0 Å². The lowest BCUT2D eigenvalue weighted by Crippen LogP contribution is -2.14. The summed E-state index contributed by atoms with van der Waals surface area (Å²) >= 11 is 0. The van der Waals surface area contributed by atoms with E-state index in [9.17, 15) is 9.90 Å². The smallest absolute Gasteiger partial charge is 0.259 e. The Labute approximate surface area is 111 Å². The van der Waals surface area contributed by atoms with Gasteiger partial charge < -0.3 is 15.2 Å². The Morgan fingerprint density at radius 2 is 1.84 bits per heavy atom. The van der Waals surface area contributed by atoms with E-state index < -0.39 is 0 Å². The average Bonchev–Trinajstić information content (AvgIpc) is 2.47. The minimum absolute atomic E-state index is 0.123. The molecule has 0 aliphatic heterocycles. The van der Waals surface area contributed by atoms with Gasteiger partial charge in [0.2, 0.25) is 0 Å². The molecule has 0 bridgehead atoms. The fourth-order valence-corrected chi connectivity index (χ4v) is 1.80. The van der Waals surface area contributed by atoms with E-state index >= 15 is 0 Å². The fourth-order valence-electron chi connectivity index (χ4n) is 1.80. The summed E-state index contributed by atoms with van der Waals surface area (Å²) in [5.41, 5.74) is 1.73. The highest BCUT2D eigenvalue weighted by molar-refractivity contribution is 6.06. The number of methoxy groups -OCH3 is 1. The van der Waals surface area contributed by atoms with Crippen LogP contribution in [0.3, 0.4) is 0 Å². The third-order valence-corrected chi connectivity index (χ3v) is 2.79. The van der Waals surface area contributed by atoms with Gasteiger partial charge in [0.25, 0.3) is 5.91 Å². The molecular weight excluding hydrogens is 242 g/mol. The number of anilines is 1. The van der Waals surface area contributed by atoms with Gasteiger partial charge in [0.15, 0.2) is 0 Å². The van der Waals surface area contributed by atoms with E-state index in [4.69, 9.17) is 4.74 Å². The molecule has 0 fully saturated rings. The van der Waals surface area contributed by atoms with Crippen LogP contribution in [0, 0.1) is 0 Å². The van der Waals surface area contributed by atoms with Crippen LogP contribution < -0.4 is 10.1 Å². The summed E-state index contributed by atoms with van der Waals surface area (Å²) in [6.07, 6.45) is 0. The number of aliphatic hydroxyl groups excluding tert-OH is 1. The van der Waals surface area contributed by atoms with E-state index in [1.807, 2.05) is 6.07 Å². The lowest BCUT2D eigenvalue weighted by molar-refractivity contribution is 0.102. The minimum Gasteiger partial charge on any atom is -0.496 e. The first-order valence-corrected chi connectivity index (χ1v) is 5.89. The van der Waals surface area contributed by atoms with Gasteiger partial charge in [-0.05, 0) is 18.2 Å². The molecule has 19 heavy (non-hydrogen) atoms. The summed E-state index contributed by atoms with van der Waals surface area (Å²) in [5.74, 6) is 0.250. The molecule has 0 spiro atoms. The van der Waals surface area contributed by atoms with Gasteiger partial charge in [0.05, 0.1) is 19.3 Å². The highest BCUT2D eigenvalue weighted by Crippen LogP contribution is 2.21. The first-order valence-electron chi connectivity index (χ1n) is 5.89. The lowest BCUT2D eigenvalue weighted by atomic mass is 10.1. The molecule has 4 nitrogen and oxygen atoms in total. The molecule has 0 unspecified atom stereocenters. The second kappa shape index (κ2) is 6.02. The molecule has 1 amide bonds. The van der Waals surface area contributed by atoms with Crippen molar-refractivity contribution in [1.29, 1.82) is 0 Å². The first-order chi connectivity index (χ1) is 9.26. The maximum atomic E-state index is 12.2. The van der Waals surface area contributed by atoms with Crippen LogP contribution >= 0.6 is 0 Å². The molecule has 2 aromatic rings. The van der Waals surface area contributed by atoms with Crippen LogP contribution in [0.15, 0.2) is 48.5 Å². The summed E-state index contributed by atoms with van der Waals surface area (Å²) < 4.78 is 5.15. The number of carbonyl (C=O) groups excluding carboxylic acids is 1. The molecule has 4 heteroatoms. The number of hydrogen-bond donors (Lipinski definition) is 2.